The van der Waals surface area contributed by atoms with Crippen molar-refractivity contribution in [3.05, 3.63) is 60.7 Å². The van der Waals surface area contributed by atoms with Gasteiger partial charge in [0.25, 0.3) is 5.91 Å². The number of carbonyl (C=O) groups is 2. The lowest BCUT2D eigenvalue weighted by molar-refractivity contribution is -0.123. The van der Waals surface area contributed by atoms with Gasteiger partial charge in [-0.05, 0) is 24.3 Å². The third kappa shape index (κ3) is 4.67. The summed E-state index contributed by atoms with van der Waals surface area (Å²) in [6.07, 6.45) is -0.0776. The van der Waals surface area contributed by atoms with Crippen molar-refractivity contribution in [2.45, 2.75) is 12.5 Å². The van der Waals surface area contributed by atoms with Gasteiger partial charge < -0.3 is 16.4 Å². The van der Waals surface area contributed by atoms with Crippen LogP contribution in [0.15, 0.2) is 70.6 Å². The Labute approximate surface area is 150 Å². The predicted octanol–water partition coefficient (Wildman–Crippen LogP) is 1.30. The Hall–Kier alpha value is -3.68. The number of hydrogen-bond acceptors (Lipinski definition) is 4. The number of benzene rings is 2. The first-order valence-electron chi connectivity index (χ1n) is 8.00. The number of guanidine groups is 2. The molecule has 0 fully saturated rings. The molecular weight excluding hydrogens is 332 g/mol. The van der Waals surface area contributed by atoms with E-state index in [1.165, 1.54) is 0 Å². The molecule has 2 aromatic carbocycles. The average Bonchev–Trinajstić information content (AvgIpc) is 2.95. The molecule has 0 radical (unpaired) electrons. The summed E-state index contributed by atoms with van der Waals surface area (Å²) in [4.78, 5) is 32.2. The maximum atomic E-state index is 12.1. The van der Waals surface area contributed by atoms with Gasteiger partial charge in [-0.1, -0.05) is 36.4 Å². The second-order valence-electron chi connectivity index (χ2n) is 5.56. The summed E-state index contributed by atoms with van der Waals surface area (Å²) in [6.45, 7) is 0. The summed E-state index contributed by atoms with van der Waals surface area (Å²) >= 11 is 0. The van der Waals surface area contributed by atoms with E-state index < -0.39 is 6.04 Å². The van der Waals surface area contributed by atoms with Gasteiger partial charge in [0.15, 0.2) is 0 Å². The molecule has 0 bridgehead atoms. The van der Waals surface area contributed by atoms with E-state index in [1.807, 2.05) is 48.5 Å². The van der Waals surface area contributed by atoms with Crippen LogP contribution in [0.2, 0.25) is 0 Å². The van der Waals surface area contributed by atoms with Crippen molar-refractivity contribution in [1.82, 2.24) is 5.32 Å². The molecular formula is C18H18N6O2. The first kappa shape index (κ1) is 17.2. The van der Waals surface area contributed by atoms with E-state index in [9.17, 15) is 9.59 Å². The highest BCUT2D eigenvalue weighted by atomic mass is 16.2. The second kappa shape index (κ2) is 7.93. The third-order valence-electron chi connectivity index (χ3n) is 3.52. The quantitative estimate of drug-likeness (QED) is 0.490. The molecule has 1 aliphatic rings. The van der Waals surface area contributed by atoms with Crippen molar-refractivity contribution in [2.75, 3.05) is 10.6 Å². The Morgan fingerprint density at radius 1 is 1.04 bits per heavy atom. The smallest absolute Gasteiger partial charge is 0.252 e. The van der Waals surface area contributed by atoms with E-state index in [0.717, 1.165) is 5.69 Å². The molecule has 0 saturated heterocycles. The number of carbonyl (C=O) groups excluding carboxylic acids is 2. The van der Waals surface area contributed by atoms with Crippen LogP contribution in [-0.4, -0.2) is 29.8 Å². The number of nitrogens with one attached hydrogen (secondary N) is 3. The number of para-hydroxylation sites is 2. The summed E-state index contributed by atoms with van der Waals surface area (Å²) < 4.78 is 0. The Bertz CT molecular complexity index is 848. The molecule has 8 heteroatoms. The highest BCUT2D eigenvalue weighted by Crippen LogP contribution is 2.10. The summed E-state index contributed by atoms with van der Waals surface area (Å²) in [5.74, 6) is -0.529. The van der Waals surface area contributed by atoms with Gasteiger partial charge in [0, 0.05) is 11.4 Å². The van der Waals surface area contributed by atoms with E-state index >= 15 is 0 Å². The fourth-order valence-electron chi connectivity index (χ4n) is 2.35. The lowest BCUT2D eigenvalue weighted by Crippen LogP contribution is -2.32. The van der Waals surface area contributed by atoms with Crippen LogP contribution in [0.4, 0.5) is 11.4 Å². The minimum Gasteiger partial charge on any atom is -0.369 e. The zero-order valence-corrected chi connectivity index (χ0v) is 13.8. The molecule has 0 aromatic heterocycles. The van der Waals surface area contributed by atoms with Crippen LogP contribution in [0, 0.1) is 0 Å². The minimum absolute atomic E-state index is 0.0773. The number of anilines is 2. The molecule has 1 atom stereocenters. The van der Waals surface area contributed by atoms with Gasteiger partial charge in [-0.3, -0.25) is 14.9 Å². The third-order valence-corrected chi connectivity index (χ3v) is 3.52. The lowest BCUT2D eigenvalue weighted by atomic mass is 10.2. The van der Waals surface area contributed by atoms with Gasteiger partial charge in [0.1, 0.15) is 6.04 Å². The van der Waals surface area contributed by atoms with Crippen molar-refractivity contribution < 1.29 is 9.59 Å². The molecule has 0 saturated carbocycles. The maximum absolute atomic E-state index is 12.1. The van der Waals surface area contributed by atoms with E-state index in [4.69, 9.17) is 5.73 Å². The lowest BCUT2D eigenvalue weighted by Gasteiger charge is -2.06. The number of hydrogen-bond donors (Lipinski definition) is 4. The number of nitrogens with zero attached hydrogens (tertiary/aromatic N) is 2. The van der Waals surface area contributed by atoms with Crippen LogP contribution in [-0.2, 0) is 9.59 Å². The van der Waals surface area contributed by atoms with Gasteiger partial charge in [-0.25, -0.2) is 4.99 Å². The average molecular weight is 350 g/mol. The van der Waals surface area contributed by atoms with Crippen LogP contribution in [0.5, 0.6) is 0 Å². The van der Waals surface area contributed by atoms with Crippen molar-refractivity contribution in [2.24, 2.45) is 15.7 Å². The summed E-state index contributed by atoms with van der Waals surface area (Å²) in [5.41, 5.74) is 7.23. The van der Waals surface area contributed by atoms with Crippen LogP contribution >= 0.6 is 0 Å². The van der Waals surface area contributed by atoms with E-state index in [2.05, 4.69) is 25.9 Å². The molecule has 0 unspecified atom stereocenters. The Morgan fingerprint density at radius 2 is 1.62 bits per heavy atom. The van der Waals surface area contributed by atoms with Gasteiger partial charge in [-0.15, -0.1) is 0 Å². The van der Waals surface area contributed by atoms with Crippen LogP contribution < -0.4 is 21.7 Å². The first-order valence-corrected chi connectivity index (χ1v) is 8.00. The molecule has 0 spiro atoms. The number of aliphatic imine (C=N–C) groups is 2. The van der Waals surface area contributed by atoms with E-state index in [1.54, 1.807) is 12.1 Å². The first-order chi connectivity index (χ1) is 12.6. The summed E-state index contributed by atoms with van der Waals surface area (Å²) in [7, 11) is 0. The van der Waals surface area contributed by atoms with E-state index in [-0.39, 0.29) is 30.2 Å². The standard InChI is InChI=1S/C18H18N6O2/c19-17(21-13-9-5-2-6-10-13)24-18-22-14(16(26)23-18)11-15(25)20-12-7-3-1-4-8-12/h1-10,14H,11H2,(H,20,25)(H4,19,21,22,23,24,26)/t14-/m0/s1. The molecule has 2 aromatic rings. The molecule has 1 aliphatic heterocycles. The molecule has 2 amide bonds. The SMILES string of the molecule is NC(=NC1=N[C@@H](CC(=O)Nc2ccccc2)C(=O)N1)Nc1ccccc1. The topological polar surface area (TPSA) is 121 Å². The maximum Gasteiger partial charge on any atom is 0.252 e. The Balaban J connectivity index is 1.59. The van der Waals surface area contributed by atoms with Crippen molar-refractivity contribution in [3.63, 3.8) is 0 Å². The van der Waals surface area contributed by atoms with Crippen molar-refractivity contribution >= 4 is 35.1 Å². The highest BCUT2D eigenvalue weighted by molar-refractivity contribution is 6.11. The molecule has 1 heterocycles. The summed E-state index contributed by atoms with van der Waals surface area (Å²) in [5, 5.41) is 8.12. The van der Waals surface area contributed by atoms with Gasteiger partial charge in [-0.2, -0.15) is 4.99 Å². The fourth-order valence-corrected chi connectivity index (χ4v) is 2.35. The zero-order chi connectivity index (χ0) is 18.4. The molecule has 3 rings (SSSR count). The van der Waals surface area contributed by atoms with Gasteiger partial charge >= 0.3 is 0 Å². The second-order valence-corrected chi connectivity index (χ2v) is 5.56. The number of amides is 2. The normalized spacial score (nSPS) is 16.6. The number of rotatable bonds is 4. The molecule has 5 N–H and O–H groups in total. The zero-order valence-electron chi connectivity index (χ0n) is 13.8. The molecule has 0 aliphatic carbocycles. The molecule has 26 heavy (non-hydrogen) atoms. The van der Waals surface area contributed by atoms with Gasteiger partial charge in [0.05, 0.1) is 6.42 Å². The van der Waals surface area contributed by atoms with Crippen LogP contribution in [0.3, 0.4) is 0 Å². The van der Waals surface area contributed by atoms with Crippen molar-refractivity contribution in [1.29, 1.82) is 0 Å². The Kier molecular flexibility index (Phi) is 5.23. The van der Waals surface area contributed by atoms with Crippen LogP contribution in [0.1, 0.15) is 6.42 Å². The molecule has 132 valence electrons. The molecule has 8 nitrogen and oxygen atoms in total. The summed E-state index contributed by atoms with van der Waals surface area (Å²) in [6, 6.07) is 17.4. The van der Waals surface area contributed by atoms with Gasteiger partial charge in [0.2, 0.25) is 17.8 Å². The predicted molar refractivity (Wildman–Crippen MR) is 101 cm³/mol. The Morgan fingerprint density at radius 3 is 2.23 bits per heavy atom. The minimum atomic E-state index is -0.831. The number of nitrogens with two attached hydrogens (primary N) is 1. The monoisotopic (exact) mass is 350 g/mol. The highest BCUT2D eigenvalue weighted by Gasteiger charge is 2.28. The van der Waals surface area contributed by atoms with Crippen molar-refractivity contribution in [3.8, 4) is 0 Å². The fraction of sp³-hybridized carbons (Fsp3) is 0.111. The van der Waals surface area contributed by atoms with Crippen LogP contribution in [0.25, 0.3) is 0 Å². The largest absolute Gasteiger partial charge is 0.369 e. The van der Waals surface area contributed by atoms with E-state index in [0.29, 0.717) is 5.69 Å².